The minimum absolute atomic E-state index is 0.112. The maximum atomic E-state index is 13.2. The molecule has 3 N–H and O–H groups in total. The summed E-state index contributed by atoms with van der Waals surface area (Å²) in [6.45, 7) is 1.70. The van der Waals surface area contributed by atoms with Crippen molar-refractivity contribution >= 4 is 17.5 Å². The van der Waals surface area contributed by atoms with Crippen LogP contribution in [0.2, 0.25) is 0 Å². The Hall–Kier alpha value is -2.99. The Morgan fingerprint density at radius 1 is 1.27 bits per heavy atom. The summed E-state index contributed by atoms with van der Waals surface area (Å²) in [6, 6.07) is 11.1. The van der Waals surface area contributed by atoms with Gasteiger partial charge in [0.1, 0.15) is 5.82 Å². The summed E-state index contributed by atoms with van der Waals surface area (Å²) >= 11 is 0. The van der Waals surface area contributed by atoms with E-state index in [1.54, 1.807) is 30.3 Å². The molecule has 1 unspecified atom stereocenters. The summed E-state index contributed by atoms with van der Waals surface area (Å²) in [7, 11) is 0. The first-order valence-electron chi connectivity index (χ1n) is 8.25. The molecule has 0 spiro atoms. The van der Waals surface area contributed by atoms with Gasteiger partial charge in [-0.15, -0.1) is 0 Å². The molecule has 0 saturated carbocycles. The van der Waals surface area contributed by atoms with Crippen molar-refractivity contribution in [3.63, 3.8) is 0 Å². The van der Waals surface area contributed by atoms with Crippen molar-refractivity contribution in [3.8, 4) is 0 Å². The normalized spacial score (nSPS) is 16.7. The zero-order valence-electron chi connectivity index (χ0n) is 14.3. The number of nitrogens with one attached hydrogen (secondary N) is 2. The molecule has 26 heavy (non-hydrogen) atoms. The zero-order valence-corrected chi connectivity index (χ0v) is 14.3. The van der Waals surface area contributed by atoms with Crippen LogP contribution in [0.1, 0.15) is 29.0 Å². The number of carbonyl (C=O) groups excluding carboxylic acids is 2. The van der Waals surface area contributed by atoms with E-state index in [9.17, 15) is 19.1 Å². The van der Waals surface area contributed by atoms with Gasteiger partial charge in [-0.05, 0) is 41.8 Å². The number of hydrogen-bond donors (Lipinski definition) is 3. The Morgan fingerprint density at radius 3 is 2.69 bits per heavy atom. The van der Waals surface area contributed by atoms with Crippen LogP contribution in [0, 0.1) is 12.7 Å². The Morgan fingerprint density at radius 2 is 2.00 bits per heavy atom. The lowest BCUT2D eigenvalue weighted by atomic mass is 9.86. The number of carbonyl (C=O) groups is 2. The highest BCUT2D eigenvalue weighted by atomic mass is 19.1. The standard InChI is InChI=1S/C20H19FN2O3/c1-12-14(11-24)3-2-4-18(12)23-20(26)17-10-22-19(25)9-16(17)13-5-7-15(21)8-6-13/h2-8,10,16,24H,9,11H2,1H3,(H,22,25)(H,23,26). The van der Waals surface area contributed by atoms with Crippen molar-refractivity contribution in [1.29, 1.82) is 0 Å². The lowest BCUT2D eigenvalue weighted by Crippen LogP contribution is -2.32. The number of anilines is 1. The van der Waals surface area contributed by atoms with E-state index in [0.29, 0.717) is 16.8 Å². The van der Waals surface area contributed by atoms with Gasteiger partial charge in [0.25, 0.3) is 5.91 Å². The fourth-order valence-corrected chi connectivity index (χ4v) is 3.01. The van der Waals surface area contributed by atoms with E-state index in [0.717, 1.165) is 11.1 Å². The van der Waals surface area contributed by atoms with Gasteiger partial charge in [-0.3, -0.25) is 9.59 Å². The smallest absolute Gasteiger partial charge is 0.253 e. The van der Waals surface area contributed by atoms with Gasteiger partial charge in [0.15, 0.2) is 0 Å². The summed E-state index contributed by atoms with van der Waals surface area (Å²) in [5.74, 6) is -1.38. The minimum atomic E-state index is -0.453. The number of amides is 2. The van der Waals surface area contributed by atoms with Crippen LogP contribution in [-0.2, 0) is 16.2 Å². The van der Waals surface area contributed by atoms with Crippen molar-refractivity contribution < 1.29 is 19.1 Å². The van der Waals surface area contributed by atoms with Gasteiger partial charge >= 0.3 is 0 Å². The number of aliphatic hydroxyl groups is 1. The highest BCUT2D eigenvalue weighted by Crippen LogP contribution is 2.31. The number of benzene rings is 2. The first-order valence-corrected chi connectivity index (χ1v) is 8.25. The Kier molecular flexibility index (Phi) is 5.14. The topological polar surface area (TPSA) is 78.4 Å². The molecule has 2 aromatic rings. The molecule has 0 aliphatic carbocycles. The fourth-order valence-electron chi connectivity index (χ4n) is 3.01. The van der Waals surface area contributed by atoms with E-state index in [-0.39, 0.29) is 30.7 Å². The maximum Gasteiger partial charge on any atom is 0.253 e. The van der Waals surface area contributed by atoms with E-state index >= 15 is 0 Å². The van der Waals surface area contributed by atoms with Crippen molar-refractivity contribution in [3.05, 3.63) is 76.7 Å². The summed E-state index contributed by atoms with van der Waals surface area (Å²) in [4.78, 5) is 24.6. The molecule has 5 nitrogen and oxygen atoms in total. The van der Waals surface area contributed by atoms with Crippen LogP contribution in [0.4, 0.5) is 10.1 Å². The van der Waals surface area contributed by atoms with Gasteiger partial charge in [0.05, 0.1) is 6.61 Å². The van der Waals surface area contributed by atoms with Gasteiger partial charge in [-0.2, -0.15) is 0 Å². The third-order valence-corrected chi connectivity index (χ3v) is 4.55. The molecular formula is C20H19FN2O3. The molecule has 134 valence electrons. The third-order valence-electron chi connectivity index (χ3n) is 4.55. The van der Waals surface area contributed by atoms with Crippen molar-refractivity contribution in [2.75, 3.05) is 5.32 Å². The average molecular weight is 354 g/mol. The van der Waals surface area contributed by atoms with E-state index in [1.165, 1.54) is 18.3 Å². The van der Waals surface area contributed by atoms with Crippen LogP contribution in [0.5, 0.6) is 0 Å². The molecule has 1 aliphatic heterocycles. The largest absolute Gasteiger partial charge is 0.392 e. The van der Waals surface area contributed by atoms with Gasteiger partial charge in [-0.25, -0.2) is 4.39 Å². The summed E-state index contributed by atoms with van der Waals surface area (Å²) in [5.41, 5.74) is 3.19. The summed E-state index contributed by atoms with van der Waals surface area (Å²) in [5, 5.41) is 14.8. The lowest BCUT2D eigenvalue weighted by Gasteiger charge is -2.24. The fraction of sp³-hybridized carbons (Fsp3) is 0.200. The predicted molar refractivity (Wildman–Crippen MR) is 95.7 cm³/mol. The Balaban J connectivity index is 1.89. The minimum Gasteiger partial charge on any atom is -0.392 e. The monoisotopic (exact) mass is 354 g/mol. The molecule has 0 fully saturated rings. The van der Waals surface area contributed by atoms with Gasteiger partial charge in [-0.1, -0.05) is 24.3 Å². The zero-order chi connectivity index (χ0) is 18.7. The second kappa shape index (κ2) is 7.49. The maximum absolute atomic E-state index is 13.2. The summed E-state index contributed by atoms with van der Waals surface area (Å²) in [6.07, 6.45) is 1.51. The van der Waals surface area contributed by atoms with Crippen LogP contribution in [0.15, 0.2) is 54.2 Å². The van der Waals surface area contributed by atoms with Crippen LogP contribution in [-0.4, -0.2) is 16.9 Å². The number of halogens is 1. The molecule has 0 radical (unpaired) electrons. The molecule has 1 heterocycles. The van der Waals surface area contributed by atoms with Crippen LogP contribution < -0.4 is 10.6 Å². The van der Waals surface area contributed by atoms with E-state index in [2.05, 4.69) is 10.6 Å². The molecule has 3 rings (SSSR count). The SMILES string of the molecule is Cc1c(CO)cccc1NC(=O)C1=CNC(=O)CC1c1ccc(F)cc1. The number of aliphatic hydroxyl groups excluding tert-OH is 1. The van der Waals surface area contributed by atoms with Gasteiger partial charge in [0.2, 0.25) is 5.91 Å². The van der Waals surface area contributed by atoms with Crippen molar-refractivity contribution in [2.24, 2.45) is 0 Å². The molecule has 2 aromatic carbocycles. The summed E-state index contributed by atoms with van der Waals surface area (Å²) < 4.78 is 13.2. The Bertz CT molecular complexity index is 875. The average Bonchev–Trinajstić information content (AvgIpc) is 2.64. The first-order chi connectivity index (χ1) is 12.5. The van der Waals surface area contributed by atoms with E-state index in [4.69, 9.17) is 0 Å². The molecule has 0 bridgehead atoms. The highest BCUT2D eigenvalue weighted by molar-refractivity contribution is 6.06. The van der Waals surface area contributed by atoms with Crippen molar-refractivity contribution in [1.82, 2.24) is 5.32 Å². The molecule has 0 saturated heterocycles. The lowest BCUT2D eigenvalue weighted by molar-refractivity contribution is -0.121. The molecular weight excluding hydrogens is 335 g/mol. The van der Waals surface area contributed by atoms with Crippen LogP contribution >= 0.6 is 0 Å². The molecule has 0 aromatic heterocycles. The second-order valence-electron chi connectivity index (χ2n) is 6.18. The highest BCUT2D eigenvalue weighted by Gasteiger charge is 2.29. The molecule has 6 heteroatoms. The van der Waals surface area contributed by atoms with E-state index < -0.39 is 5.92 Å². The van der Waals surface area contributed by atoms with Gasteiger partial charge < -0.3 is 15.7 Å². The number of hydrogen-bond acceptors (Lipinski definition) is 3. The predicted octanol–water partition coefficient (Wildman–Crippen LogP) is 2.75. The third kappa shape index (κ3) is 3.65. The van der Waals surface area contributed by atoms with Gasteiger partial charge in [0, 0.05) is 29.8 Å². The van der Waals surface area contributed by atoms with Crippen molar-refractivity contribution in [2.45, 2.75) is 25.9 Å². The second-order valence-corrected chi connectivity index (χ2v) is 6.18. The van der Waals surface area contributed by atoms with Crippen LogP contribution in [0.3, 0.4) is 0 Å². The quantitative estimate of drug-likeness (QED) is 0.790. The molecule has 1 aliphatic rings. The van der Waals surface area contributed by atoms with Crippen LogP contribution in [0.25, 0.3) is 0 Å². The molecule has 1 atom stereocenters. The number of rotatable bonds is 4. The Labute approximate surface area is 150 Å². The molecule has 2 amide bonds. The first kappa shape index (κ1) is 17.8. The van der Waals surface area contributed by atoms with E-state index in [1.807, 2.05) is 6.92 Å².